The summed E-state index contributed by atoms with van der Waals surface area (Å²) in [5, 5.41) is 26.7. The van der Waals surface area contributed by atoms with E-state index in [0.717, 1.165) is 0 Å². The molecule has 0 aromatic rings. The van der Waals surface area contributed by atoms with Gasteiger partial charge in [0, 0.05) is 12.5 Å². The maximum Gasteiger partial charge on any atom is 0.408 e. The molecule has 33 heavy (non-hydrogen) atoms. The van der Waals surface area contributed by atoms with E-state index >= 15 is 0 Å². The average molecular weight is 472 g/mol. The van der Waals surface area contributed by atoms with Crippen molar-refractivity contribution in [1.29, 1.82) is 0 Å². The van der Waals surface area contributed by atoms with Crippen LogP contribution in [-0.2, 0) is 19.1 Å². The Balaban J connectivity index is 2.55. The van der Waals surface area contributed by atoms with Crippen LogP contribution in [0.2, 0.25) is 0 Å². The van der Waals surface area contributed by atoms with Gasteiger partial charge in [0.15, 0.2) is 6.04 Å². The first kappa shape index (κ1) is 28.7. The molecule has 10 heteroatoms. The second-order valence-corrected chi connectivity index (χ2v) is 10.0. The van der Waals surface area contributed by atoms with Crippen LogP contribution in [0, 0.1) is 17.8 Å². The Morgan fingerprint density at radius 1 is 1.00 bits per heavy atom. The number of hydrogen-bond donors (Lipinski definition) is 5. The molecule has 10 nitrogen and oxygen atoms in total. The van der Waals surface area contributed by atoms with E-state index in [2.05, 4.69) is 16.0 Å². The molecule has 1 rings (SSSR count). The lowest BCUT2D eigenvalue weighted by Gasteiger charge is -2.30. The van der Waals surface area contributed by atoms with Gasteiger partial charge in [0.25, 0.3) is 0 Å². The van der Waals surface area contributed by atoms with Crippen LogP contribution in [0.3, 0.4) is 0 Å². The summed E-state index contributed by atoms with van der Waals surface area (Å²) < 4.78 is 5.28. The van der Waals surface area contributed by atoms with E-state index in [0.29, 0.717) is 38.6 Å². The molecule has 0 heterocycles. The number of carbonyl (C=O) groups is 4. The van der Waals surface area contributed by atoms with Gasteiger partial charge in [-0.3, -0.25) is 9.59 Å². The van der Waals surface area contributed by atoms with Crippen LogP contribution in [0.4, 0.5) is 4.79 Å². The largest absolute Gasteiger partial charge is 0.480 e. The zero-order valence-corrected chi connectivity index (χ0v) is 20.6. The highest BCUT2D eigenvalue weighted by Gasteiger charge is 2.32. The maximum absolute atomic E-state index is 12.8. The molecule has 190 valence electrons. The lowest BCUT2D eigenvalue weighted by molar-refractivity contribution is -0.145. The number of carboxylic acids is 1. The molecule has 5 N–H and O–H groups in total. The van der Waals surface area contributed by atoms with E-state index in [1.54, 1.807) is 20.8 Å². The van der Waals surface area contributed by atoms with E-state index in [-0.39, 0.29) is 29.6 Å². The Hall–Kier alpha value is -2.36. The van der Waals surface area contributed by atoms with Gasteiger partial charge in [0.05, 0.1) is 6.10 Å². The van der Waals surface area contributed by atoms with Crippen molar-refractivity contribution in [3.05, 3.63) is 0 Å². The molecule has 1 saturated carbocycles. The summed E-state index contributed by atoms with van der Waals surface area (Å²) in [6.07, 6.45) is 1.44. The number of carbonyl (C=O) groups excluding carboxylic acids is 3. The molecule has 4 atom stereocenters. The molecule has 0 spiro atoms. The quantitative estimate of drug-likeness (QED) is 0.325. The van der Waals surface area contributed by atoms with Crippen molar-refractivity contribution < 1.29 is 34.1 Å². The molecule has 0 radical (unpaired) electrons. The molecule has 0 aliphatic heterocycles. The summed E-state index contributed by atoms with van der Waals surface area (Å²) in [7, 11) is 0. The third-order valence-corrected chi connectivity index (χ3v) is 6.00. The number of aliphatic carboxylic acids is 1. The lowest BCUT2D eigenvalue weighted by atomic mass is 9.81. The van der Waals surface area contributed by atoms with Gasteiger partial charge in [0.2, 0.25) is 11.8 Å². The molecule has 0 saturated heterocycles. The van der Waals surface area contributed by atoms with Crippen molar-refractivity contribution >= 4 is 23.9 Å². The summed E-state index contributed by atoms with van der Waals surface area (Å²) in [5.74, 6) is -2.12. The van der Waals surface area contributed by atoms with Crippen molar-refractivity contribution in [1.82, 2.24) is 16.0 Å². The van der Waals surface area contributed by atoms with Crippen LogP contribution in [0.1, 0.15) is 73.6 Å². The summed E-state index contributed by atoms with van der Waals surface area (Å²) >= 11 is 0. The Morgan fingerprint density at radius 3 is 2.03 bits per heavy atom. The van der Waals surface area contributed by atoms with Gasteiger partial charge >= 0.3 is 12.1 Å². The minimum absolute atomic E-state index is 0.0759. The fraction of sp³-hybridized carbons (Fsp3) is 0.826. The lowest BCUT2D eigenvalue weighted by Crippen LogP contribution is -2.52. The monoisotopic (exact) mass is 471 g/mol. The summed E-state index contributed by atoms with van der Waals surface area (Å²) in [6, 6.07) is -2.04. The highest BCUT2D eigenvalue weighted by Crippen LogP contribution is 2.28. The second kappa shape index (κ2) is 12.8. The van der Waals surface area contributed by atoms with Gasteiger partial charge in [-0.05, 0) is 65.2 Å². The molecular weight excluding hydrogens is 430 g/mol. The van der Waals surface area contributed by atoms with Crippen molar-refractivity contribution in [3.63, 3.8) is 0 Å². The summed E-state index contributed by atoms with van der Waals surface area (Å²) in [6.45, 7) is 10.9. The summed E-state index contributed by atoms with van der Waals surface area (Å²) in [5.41, 5.74) is -0.662. The number of alkyl carbamates (subject to hydrolysis) is 1. The van der Waals surface area contributed by atoms with Crippen LogP contribution in [0.5, 0.6) is 0 Å². The normalized spacial score (nSPS) is 22.3. The van der Waals surface area contributed by atoms with Gasteiger partial charge in [-0.2, -0.15) is 0 Å². The third-order valence-electron chi connectivity index (χ3n) is 6.00. The van der Waals surface area contributed by atoms with Crippen LogP contribution >= 0.6 is 0 Å². The second-order valence-electron chi connectivity index (χ2n) is 10.0. The van der Waals surface area contributed by atoms with Crippen molar-refractivity contribution in [2.45, 2.75) is 97.4 Å². The number of amides is 3. The molecule has 0 aromatic carbocycles. The molecule has 2 unspecified atom stereocenters. The smallest absolute Gasteiger partial charge is 0.408 e. The highest BCUT2D eigenvalue weighted by atomic mass is 16.6. The molecule has 0 bridgehead atoms. The maximum atomic E-state index is 12.8. The van der Waals surface area contributed by atoms with Gasteiger partial charge in [-0.15, -0.1) is 0 Å². The predicted molar refractivity (Wildman–Crippen MR) is 122 cm³/mol. The Kier molecular flexibility index (Phi) is 11.1. The number of carboxylic acid groups (broad SMARTS) is 1. The van der Waals surface area contributed by atoms with Gasteiger partial charge in [-0.1, -0.05) is 20.3 Å². The van der Waals surface area contributed by atoms with Crippen LogP contribution in [0.25, 0.3) is 0 Å². The predicted octanol–water partition coefficient (Wildman–Crippen LogP) is 1.80. The Morgan fingerprint density at radius 2 is 1.58 bits per heavy atom. The molecular formula is C23H41N3O7. The zero-order chi connectivity index (χ0) is 25.3. The third kappa shape index (κ3) is 9.98. The van der Waals surface area contributed by atoms with Crippen LogP contribution in [0.15, 0.2) is 0 Å². The Labute approximate surface area is 196 Å². The minimum atomic E-state index is -1.33. The number of aliphatic hydroxyl groups excluding tert-OH is 1. The van der Waals surface area contributed by atoms with Gasteiger partial charge < -0.3 is 30.9 Å². The summed E-state index contributed by atoms with van der Waals surface area (Å²) in [4.78, 5) is 48.5. The SMILES string of the molecule is CCC(C)[C@H](NC(=O)OC(C)(C)C)C(=O)NCC1CCC(C(=O)N[C@@H](C(=O)O)C(C)O)CC1. The molecule has 1 aliphatic rings. The van der Waals surface area contributed by atoms with Crippen molar-refractivity contribution in [2.24, 2.45) is 17.8 Å². The zero-order valence-electron chi connectivity index (χ0n) is 20.6. The van der Waals surface area contributed by atoms with Gasteiger partial charge in [-0.25, -0.2) is 9.59 Å². The fourth-order valence-electron chi connectivity index (χ4n) is 3.78. The van der Waals surface area contributed by atoms with Crippen LogP contribution in [-0.4, -0.2) is 64.4 Å². The first-order valence-corrected chi connectivity index (χ1v) is 11.7. The average Bonchev–Trinajstić information content (AvgIpc) is 2.72. The highest BCUT2D eigenvalue weighted by molar-refractivity contribution is 5.86. The first-order valence-electron chi connectivity index (χ1n) is 11.7. The van der Waals surface area contributed by atoms with Crippen molar-refractivity contribution in [3.8, 4) is 0 Å². The number of ether oxygens (including phenoxy) is 1. The molecule has 0 aromatic heterocycles. The van der Waals surface area contributed by atoms with Crippen molar-refractivity contribution in [2.75, 3.05) is 6.54 Å². The van der Waals surface area contributed by atoms with E-state index < -0.39 is 35.9 Å². The number of aliphatic hydroxyl groups is 1. The van der Waals surface area contributed by atoms with E-state index in [4.69, 9.17) is 9.84 Å². The molecule has 3 amide bonds. The number of nitrogens with one attached hydrogen (secondary N) is 3. The standard InChI is InChI=1S/C23H41N3O7/c1-7-13(2)17(26-22(32)33-23(4,5)6)20(29)24-12-15-8-10-16(11-9-15)19(28)25-18(14(3)27)21(30)31/h13-18,27H,7-12H2,1-6H3,(H,24,29)(H,25,28)(H,26,32)(H,30,31)/t13?,14?,15?,16?,17-,18+/m0/s1. The first-order chi connectivity index (χ1) is 15.2. The van der Waals surface area contributed by atoms with E-state index in [1.165, 1.54) is 6.92 Å². The fourth-order valence-corrected chi connectivity index (χ4v) is 3.78. The van der Waals surface area contributed by atoms with E-state index in [9.17, 15) is 24.3 Å². The minimum Gasteiger partial charge on any atom is -0.480 e. The molecule has 1 aliphatic carbocycles. The van der Waals surface area contributed by atoms with Gasteiger partial charge in [0.1, 0.15) is 11.6 Å². The van der Waals surface area contributed by atoms with E-state index in [1.807, 2.05) is 13.8 Å². The topological polar surface area (TPSA) is 154 Å². The van der Waals surface area contributed by atoms with Crippen LogP contribution < -0.4 is 16.0 Å². The Bertz CT molecular complexity index is 682. The number of hydrogen-bond acceptors (Lipinski definition) is 6. The molecule has 1 fully saturated rings. The number of rotatable bonds is 10.